The Balaban J connectivity index is 2.00. The number of benzene rings is 2. The van der Waals surface area contributed by atoms with Crippen LogP contribution in [0.4, 0.5) is 13.2 Å². The smallest absolute Gasteiger partial charge is 0.269 e. The summed E-state index contributed by atoms with van der Waals surface area (Å²) in [4.78, 5) is 0. The summed E-state index contributed by atoms with van der Waals surface area (Å²) in [5.74, 6) is 0.639. The lowest BCUT2D eigenvalue weighted by molar-refractivity contribution is -0.137. The van der Waals surface area contributed by atoms with E-state index in [0.717, 1.165) is 12.3 Å². The first-order chi connectivity index (χ1) is 14.6. The van der Waals surface area contributed by atoms with E-state index in [1.807, 2.05) is 0 Å². The van der Waals surface area contributed by atoms with Gasteiger partial charge in [0.2, 0.25) is 10.0 Å². The highest BCUT2D eigenvalue weighted by molar-refractivity contribution is 7.99. The molecule has 12 heteroatoms. The minimum Gasteiger partial charge on any atom is -0.269 e. The molecule has 0 unspecified atom stereocenters. The van der Waals surface area contributed by atoms with Gasteiger partial charge < -0.3 is 0 Å². The van der Waals surface area contributed by atoms with Gasteiger partial charge in [-0.05, 0) is 30.7 Å². The van der Waals surface area contributed by atoms with E-state index in [9.17, 15) is 21.6 Å². The van der Waals surface area contributed by atoms with Gasteiger partial charge in [0.05, 0.1) is 17.5 Å². The molecule has 3 aromatic rings. The van der Waals surface area contributed by atoms with Gasteiger partial charge in [0, 0.05) is 22.9 Å². The Morgan fingerprint density at radius 1 is 1.13 bits per heavy atom. The normalized spacial score (nSPS) is 12.3. The second kappa shape index (κ2) is 9.60. The first-order valence-corrected chi connectivity index (χ1v) is 12.3. The van der Waals surface area contributed by atoms with Crippen LogP contribution < -0.4 is 4.72 Å². The fraction of sp³-hybridized carbons (Fsp3) is 0.263. The number of hydrogen-bond donors (Lipinski definition) is 1. The molecule has 0 amide bonds. The van der Waals surface area contributed by atoms with Crippen LogP contribution in [0.15, 0.2) is 53.7 Å². The molecule has 166 valence electrons. The Bertz CT molecular complexity index is 1170. The highest BCUT2D eigenvalue weighted by atomic mass is 35.5. The van der Waals surface area contributed by atoms with Crippen LogP contribution in [0.25, 0.3) is 17.1 Å². The monoisotopic (exact) mass is 490 g/mol. The Hall–Kier alpha value is -2.08. The third kappa shape index (κ3) is 6.22. The van der Waals surface area contributed by atoms with Crippen molar-refractivity contribution in [3.63, 3.8) is 0 Å². The molecule has 31 heavy (non-hydrogen) atoms. The number of nitrogens with one attached hydrogen (secondary N) is 1. The zero-order valence-corrected chi connectivity index (χ0v) is 18.6. The molecule has 0 atom stereocenters. The van der Waals surface area contributed by atoms with Crippen molar-refractivity contribution < 1.29 is 21.6 Å². The van der Waals surface area contributed by atoms with Crippen molar-refractivity contribution >= 4 is 33.4 Å². The van der Waals surface area contributed by atoms with Gasteiger partial charge in [0.1, 0.15) is 0 Å². The van der Waals surface area contributed by atoms with E-state index in [-0.39, 0.29) is 23.2 Å². The maximum atomic E-state index is 13.7. The summed E-state index contributed by atoms with van der Waals surface area (Å²) in [7, 11) is -3.31. The van der Waals surface area contributed by atoms with Gasteiger partial charge >= 0.3 is 6.18 Å². The summed E-state index contributed by atoms with van der Waals surface area (Å²) in [5.41, 5.74) is -0.409. The molecule has 0 aliphatic heterocycles. The summed E-state index contributed by atoms with van der Waals surface area (Å²) in [5, 5.41) is 8.88. The van der Waals surface area contributed by atoms with Crippen LogP contribution in [-0.4, -0.2) is 41.7 Å². The van der Waals surface area contributed by atoms with Gasteiger partial charge in [0.15, 0.2) is 11.0 Å². The maximum Gasteiger partial charge on any atom is 0.418 e. The van der Waals surface area contributed by atoms with Crippen molar-refractivity contribution in [1.29, 1.82) is 0 Å². The van der Waals surface area contributed by atoms with E-state index in [0.29, 0.717) is 22.8 Å². The van der Waals surface area contributed by atoms with Crippen LogP contribution >= 0.6 is 23.4 Å². The highest BCUT2D eigenvalue weighted by Crippen LogP contribution is 2.37. The molecule has 0 saturated carbocycles. The minimum atomic E-state index is -4.58. The van der Waals surface area contributed by atoms with Crippen molar-refractivity contribution in [2.75, 3.05) is 18.6 Å². The molecule has 1 N–H and O–H groups in total. The van der Waals surface area contributed by atoms with Crippen molar-refractivity contribution in [2.24, 2.45) is 0 Å². The lowest BCUT2D eigenvalue weighted by atomic mass is 10.1. The molecular weight excluding hydrogens is 473 g/mol. The van der Waals surface area contributed by atoms with E-state index < -0.39 is 21.8 Å². The third-order valence-electron chi connectivity index (χ3n) is 4.08. The SMILES string of the molecule is CS(=O)(=O)NCCCSc1nnc(-c2cccc(Cl)c2)n1-c1ccccc1C(F)(F)F. The molecule has 0 radical (unpaired) electrons. The van der Waals surface area contributed by atoms with Crippen LogP contribution in [0, 0.1) is 0 Å². The van der Waals surface area contributed by atoms with Gasteiger partial charge in [-0.25, -0.2) is 13.1 Å². The number of aromatic nitrogens is 3. The van der Waals surface area contributed by atoms with Crippen molar-refractivity contribution in [2.45, 2.75) is 17.8 Å². The molecule has 0 fully saturated rings. The lowest BCUT2D eigenvalue weighted by Crippen LogP contribution is -2.23. The number of rotatable bonds is 8. The van der Waals surface area contributed by atoms with Crippen LogP contribution in [0.2, 0.25) is 5.02 Å². The third-order valence-corrected chi connectivity index (χ3v) is 6.06. The fourth-order valence-electron chi connectivity index (χ4n) is 2.80. The van der Waals surface area contributed by atoms with Crippen LogP contribution in [0.5, 0.6) is 0 Å². The van der Waals surface area contributed by atoms with E-state index in [4.69, 9.17) is 11.6 Å². The quantitative estimate of drug-likeness (QED) is 0.368. The Labute approximate surface area is 186 Å². The molecular formula is C19H18ClF3N4O2S2. The zero-order valence-electron chi connectivity index (χ0n) is 16.2. The largest absolute Gasteiger partial charge is 0.418 e. The van der Waals surface area contributed by atoms with Gasteiger partial charge in [-0.1, -0.05) is 47.6 Å². The topological polar surface area (TPSA) is 76.9 Å². The molecule has 2 aromatic carbocycles. The zero-order chi connectivity index (χ0) is 22.6. The van der Waals surface area contributed by atoms with Crippen molar-refractivity contribution in [3.8, 4) is 17.1 Å². The molecule has 0 saturated heterocycles. The Kier molecular flexibility index (Phi) is 7.30. The van der Waals surface area contributed by atoms with Crippen LogP contribution in [-0.2, 0) is 16.2 Å². The number of nitrogens with zero attached hydrogens (tertiary/aromatic N) is 3. The molecule has 1 heterocycles. The molecule has 0 aliphatic carbocycles. The second-order valence-corrected chi connectivity index (χ2v) is 9.87. The number of halogens is 4. The standard InChI is InChI=1S/C19H18ClF3N4O2S2/c1-31(28,29)24-10-5-11-30-18-26-25-17(13-6-4-7-14(20)12-13)27(18)16-9-3-2-8-15(16)19(21,22)23/h2-4,6-9,12,24H,5,10-11H2,1H3. The average molecular weight is 491 g/mol. The second-order valence-electron chi connectivity index (χ2n) is 6.54. The van der Waals surface area contributed by atoms with Gasteiger partial charge in [-0.15, -0.1) is 10.2 Å². The van der Waals surface area contributed by atoms with Crippen LogP contribution in [0.3, 0.4) is 0 Å². The van der Waals surface area contributed by atoms with E-state index >= 15 is 0 Å². The fourth-order valence-corrected chi connectivity index (χ4v) is 4.39. The summed E-state index contributed by atoms with van der Waals surface area (Å²) in [6.45, 7) is 0.209. The average Bonchev–Trinajstić information content (AvgIpc) is 3.10. The Morgan fingerprint density at radius 2 is 1.87 bits per heavy atom. The number of thioether (sulfide) groups is 1. The number of alkyl halides is 3. The van der Waals surface area contributed by atoms with E-state index in [1.54, 1.807) is 24.3 Å². The molecule has 0 spiro atoms. The predicted octanol–water partition coefficient (Wildman–Crippen LogP) is 4.64. The van der Waals surface area contributed by atoms with Gasteiger partial charge in [-0.2, -0.15) is 13.2 Å². The summed E-state index contributed by atoms with van der Waals surface area (Å²) < 4.78 is 67.1. The first kappa shape index (κ1) is 23.6. The van der Waals surface area contributed by atoms with E-state index in [1.165, 1.54) is 34.5 Å². The lowest BCUT2D eigenvalue weighted by Gasteiger charge is -2.16. The summed E-state index contributed by atoms with van der Waals surface area (Å²) >= 11 is 7.25. The molecule has 0 aliphatic rings. The molecule has 0 bridgehead atoms. The maximum absolute atomic E-state index is 13.7. The number of hydrogen-bond acceptors (Lipinski definition) is 5. The number of para-hydroxylation sites is 1. The Morgan fingerprint density at radius 3 is 2.55 bits per heavy atom. The van der Waals surface area contributed by atoms with Crippen molar-refractivity contribution in [1.82, 2.24) is 19.5 Å². The minimum absolute atomic E-state index is 0.105. The van der Waals surface area contributed by atoms with Crippen molar-refractivity contribution in [3.05, 3.63) is 59.1 Å². The summed E-state index contributed by atoms with van der Waals surface area (Å²) in [6, 6.07) is 11.8. The van der Waals surface area contributed by atoms with E-state index in [2.05, 4.69) is 14.9 Å². The highest BCUT2D eigenvalue weighted by Gasteiger charge is 2.35. The van der Waals surface area contributed by atoms with Gasteiger partial charge in [-0.3, -0.25) is 4.57 Å². The predicted molar refractivity (Wildman–Crippen MR) is 115 cm³/mol. The number of sulfonamides is 1. The molecule has 3 rings (SSSR count). The molecule has 1 aromatic heterocycles. The van der Waals surface area contributed by atoms with Crippen LogP contribution in [0.1, 0.15) is 12.0 Å². The molecule has 6 nitrogen and oxygen atoms in total. The first-order valence-electron chi connectivity index (χ1n) is 9.01. The van der Waals surface area contributed by atoms with Gasteiger partial charge in [0.25, 0.3) is 0 Å². The summed E-state index contributed by atoms with van der Waals surface area (Å²) in [6.07, 6.45) is -3.06.